The van der Waals surface area contributed by atoms with Crippen molar-refractivity contribution in [2.24, 2.45) is 5.92 Å². The van der Waals surface area contributed by atoms with Crippen LogP contribution in [0.15, 0.2) is 5.38 Å². The van der Waals surface area contributed by atoms with Crippen LogP contribution >= 0.6 is 11.5 Å². The highest BCUT2D eigenvalue weighted by atomic mass is 32.1. The lowest BCUT2D eigenvalue weighted by atomic mass is 9.89. The van der Waals surface area contributed by atoms with Crippen LogP contribution in [-0.2, 0) is 6.54 Å². The minimum absolute atomic E-state index is 0.372. The summed E-state index contributed by atoms with van der Waals surface area (Å²) in [5.74, 6) is 0.576. The molecule has 0 aromatic carbocycles. The number of hydrogen-bond donors (Lipinski definition) is 1. The van der Waals surface area contributed by atoms with Crippen molar-refractivity contribution < 1.29 is 5.11 Å². The quantitative estimate of drug-likeness (QED) is 0.790. The van der Waals surface area contributed by atoms with Crippen molar-refractivity contribution in [1.29, 1.82) is 0 Å². The average molecular weight is 211 g/mol. The fourth-order valence-electron chi connectivity index (χ4n) is 2.20. The maximum absolute atomic E-state index is 10.1. The van der Waals surface area contributed by atoms with E-state index in [9.17, 15) is 5.11 Å². The second-order valence-corrected chi connectivity index (χ2v) is 5.03. The summed E-state index contributed by atoms with van der Waals surface area (Å²) in [5.41, 5.74) is 0.650. The van der Waals surface area contributed by atoms with Crippen LogP contribution < -0.4 is 0 Å². The number of aromatic nitrogens is 2. The Morgan fingerprint density at radius 1 is 1.57 bits per heavy atom. The van der Waals surface area contributed by atoms with Crippen LogP contribution in [0.4, 0.5) is 0 Å². The molecule has 1 aromatic rings. The second-order valence-electron chi connectivity index (χ2n) is 4.42. The van der Waals surface area contributed by atoms with E-state index in [1.54, 1.807) is 0 Å². The van der Waals surface area contributed by atoms with Crippen molar-refractivity contribution in [3.63, 3.8) is 0 Å². The Morgan fingerprint density at radius 3 is 2.93 bits per heavy atom. The fraction of sp³-hybridized carbons (Fsp3) is 0.778. The molecule has 0 amide bonds. The minimum Gasteiger partial charge on any atom is -0.387 e. The summed E-state index contributed by atoms with van der Waals surface area (Å²) in [6.07, 6.45) is 2.42. The summed E-state index contributed by atoms with van der Waals surface area (Å²) in [4.78, 5) is 2.23. The zero-order valence-electron chi connectivity index (χ0n) is 7.89. The van der Waals surface area contributed by atoms with Gasteiger partial charge in [-0.25, -0.2) is 0 Å². The Balaban J connectivity index is 1.54. The summed E-state index contributed by atoms with van der Waals surface area (Å²) in [7, 11) is 0. The molecule has 1 aliphatic heterocycles. The van der Waals surface area contributed by atoms with Gasteiger partial charge in [0, 0.05) is 25.0 Å². The molecule has 14 heavy (non-hydrogen) atoms. The van der Waals surface area contributed by atoms with E-state index in [1.165, 1.54) is 24.4 Å². The summed E-state index contributed by atoms with van der Waals surface area (Å²) >= 11 is 1.38. The normalized spacial score (nSPS) is 26.1. The lowest BCUT2D eigenvalue weighted by Gasteiger charge is -2.46. The van der Waals surface area contributed by atoms with Crippen LogP contribution in [0, 0.1) is 5.92 Å². The van der Waals surface area contributed by atoms with Crippen molar-refractivity contribution in [2.45, 2.75) is 25.0 Å². The molecule has 0 unspecified atom stereocenters. The first-order valence-corrected chi connectivity index (χ1v) is 5.81. The van der Waals surface area contributed by atoms with Gasteiger partial charge in [0.15, 0.2) is 0 Å². The van der Waals surface area contributed by atoms with Gasteiger partial charge in [-0.05, 0) is 30.3 Å². The van der Waals surface area contributed by atoms with E-state index in [1.807, 2.05) is 5.38 Å². The summed E-state index contributed by atoms with van der Waals surface area (Å²) in [5, 5.41) is 16.0. The molecular formula is C9H13N3OS. The predicted octanol–water partition coefficient (Wildman–Crippen LogP) is 0.495. The topological polar surface area (TPSA) is 49.2 Å². The first kappa shape index (κ1) is 8.76. The maximum atomic E-state index is 10.1. The third kappa shape index (κ3) is 1.45. The SMILES string of the molecule is OC1(C2CC2)CN(Cc2csnn2)C1. The second kappa shape index (κ2) is 2.98. The number of nitrogens with zero attached hydrogens (tertiary/aromatic N) is 3. The Labute approximate surface area is 86.7 Å². The van der Waals surface area contributed by atoms with Crippen LogP contribution in [0.5, 0.6) is 0 Å². The summed E-state index contributed by atoms with van der Waals surface area (Å²) in [6.45, 7) is 2.47. The monoisotopic (exact) mass is 211 g/mol. The van der Waals surface area contributed by atoms with Gasteiger partial charge < -0.3 is 5.11 Å². The Morgan fingerprint density at radius 2 is 2.36 bits per heavy atom. The molecule has 5 heteroatoms. The van der Waals surface area contributed by atoms with Crippen molar-refractivity contribution in [3.05, 3.63) is 11.1 Å². The molecule has 1 saturated heterocycles. The van der Waals surface area contributed by atoms with E-state index in [4.69, 9.17) is 0 Å². The number of β-amino-alcohol motifs (C(OH)–C–C–N with tert-alkyl or cyclic N) is 1. The van der Waals surface area contributed by atoms with Gasteiger partial charge in [0.25, 0.3) is 0 Å². The lowest BCUT2D eigenvalue weighted by Crippen LogP contribution is -2.62. The van der Waals surface area contributed by atoms with E-state index in [-0.39, 0.29) is 5.60 Å². The Kier molecular flexibility index (Phi) is 1.87. The average Bonchev–Trinajstić information content (AvgIpc) is 2.84. The van der Waals surface area contributed by atoms with Crippen LogP contribution in [0.1, 0.15) is 18.5 Å². The maximum Gasteiger partial charge on any atom is 0.0928 e. The van der Waals surface area contributed by atoms with Crippen LogP contribution in [0.3, 0.4) is 0 Å². The van der Waals surface area contributed by atoms with Crippen molar-refractivity contribution in [3.8, 4) is 0 Å². The molecule has 76 valence electrons. The van der Waals surface area contributed by atoms with Gasteiger partial charge in [-0.3, -0.25) is 4.90 Å². The van der Waals surface area contributed by atoms with E-state index in [0.717, 1.165) is 25.3 Å². The molecule has 1 aromatic heterocycles. The Bertz CT molecular complexity index is 317. The van der Waals surface area contributed by atoms with E-state index in [2.05, 4.69) is 14.5 Å². The molecule has 0 bridgehead atoms. The molecule has 0 spiro atoms. The largest absolute Gasteiger partial charge is 0.387 e. The first-order chi connectivity index (χ1) is 6.76. The van der Waals surface area contributed by atoms with Crippen molar-refractivity contribution >= 4 is 11.5 Å². The van der Waals surface area contributed by atoms with E-state index < -0.39 is 0 Å². The Hall–Kier alpha value is -0.520. The summed E-state index contributed by atoms with van der Waals surface area (Å²) in [6, 6.07) is 0. The molecular weight excluding hydrogens is 198 g/mol. The highest BCUT2D eigenvalue weighted by Gasteiger charge is 2.51. The minimum atomic E-state index is -0.372. The molecule has 3 rings (SSSR count). The fourth-order valence-corrected chi connectivity index (χ4v) is 2.64. The van der Waals surface area contributed by atoms with Crippen molar-refractivity contribution in [1.82, 2.24) is 14.5 Å². The molecule has 2 aliphatic rings. The molecule has 4 nitrogen and oxygen atoms in total. The molecule has 1 N–H and O–H groups in total. The van der Waals surface area contributed by atoms with E-state index in [0.29, 0.717) is 5.92 Å². The van der Waals surface area contributed by atoms with Crippen LogP contribution in [-0.4, -0.2) is 38.3 Å². The van der Waals surface area contributed by atoms with Gasteiger partial charge in [-0.1, -0.05) is 4.49 Å². The smallest absolute Gasteiger partial charge is 0.0928 e. The standard InChI is InChI=1S/C9H13N3OS/c13-9(7-1-2-7)5-12(6-9)3-8-4-14-11-10-8/h4,7,13H,1-3,5-6H2. The van der Waals surface area contributed by atoms with E-state index >= 15 is 0 Å². The van der Waals surface area contributed by atoms with Gasteiger partial charge >= 0.3 is 0 Å². The predicted molar refractivity (Wildman–Crippen MR) is 52.9 cm³/mol. The number of hydrogen-bond acceptors (Lipinski definition) is 5. The highest BCUT2D eigenvalue weighted by Crippen LogP contribution is 2.44. The molecule has 0 atom stereocenters. The molecule has 0 radical (unpaired) electrons. The molecule has 2 heterocycles. The summed E-state index contributed by atoms with van der Waals surface area (Å²) < 4.78 is 3.82. The van der Waals surface area contributed by atoms with Gasteiger partial charge in [-0.15, -0.1) is 5.10 Å². The first-order valence-electron chi connectivity index (χ1n) is 4.97. The van der Waals surface area contributed by atoms with Gasteiger partial charge in [0.05, 0.1) is 11.3 Å². The van der Waals surface area contributed by atoms with Crippen LogP contribution in [0.25, 0.3) is 0 Å². The van der Waals surface area contributed by atoms with Crippen LogP contribution in [0.2, 0.25) is 0 Å². The highest BCUT2D eigenvalue weighted by molar-refractivity contribution is 7.03. The third-order valence-electron chi connectivity index (χ3n) is 3.12. The number of aliphatic hydroxyl groups is 1. The third-order valence-corrected chi connectivity index (χ3v) is 3.68. The number of rotatable bonds is 3. The molecule has 1 saturated carbocycles. The zero-order valence-corrected chi connectivity index (χ0v) is 8.70. The van der Waals surface area contributed by atoms with Crippen molar-refractivity contribution in [2.75, 3.05) is 13.1 Å². The van der Waals surface area contributed by atoms with Gasteiger partial charge in [-0.2, -0.15) is 0 Å². The van der Waals surface area contributed by atoms with Gasteiger partial charge in [0.2, 0.25) is 0 Å². The molecule has 1 aliphatic carbocycles. The molecule has 2 fully saturated rings. The lowest BCUT2D eigenvalue weighted by molar-refractivity contribution is -0.117. The van der Waals surface area contributed by atoms with Gasteiger partial charge in [0.1, 0.15) is 0 Å². The number of likely N-dealkylation sites (tertiary alicyclic amines) is 1. The zero-order chi connectivity index (χ0) is 9.60.